The Bertz CT molecular complexity index is 1520. The first kappa shape index (κ1) is 33.5. The molecule has 0 aliphatic carbocycles. The van der Waals surface area contributed by atoms with E-state index in [1.54, 1.807) is 13.8 Å². The molecule has 0 N–H and O–H groups in total. The Balaban J connectivity index is 1.25. The summed E-state index contributed by atoms with van der Waals surface area (Å²) in [6, 6.07) is 30.5. The first-order valence-electron chi connectivity index (χ1n) is 15.1. The Hall–Kier alpha value is -5.43. The molecule has 46 heavy (non-hydrogen) atoms. The predicted octanol–water partition coefficient (Wildman–Crippen LogP) is 8.03. The monoisotopic (exact) mass is 618 g/mol. The fourth-order valence-electron chi connectivity index (χ4n) is 4.36. The van der Waals surface area contributed by atoms with Crippen molar-refractivity contribution in [3.63, 3.8) is 0 Å². The molecule has 0 unspecified atom stereocenters. The van der Waals surface area contributed by atoms with Crippen LogP contribution in [0.25, 0.3) is 22.3 Å². The quantitative estimate of drug-likeness (QED) is 0.0544. The molecule has 0 amide bonds. The van der Waals surface area contributed by atoms with Gasteiger partial charge in [0.1, 0.15) is 11.5 Å². The minimum Gasteiger partial charge on any atom is -0.493 e. The lowest BCUT2D eigenvalue weighted by Gasteiger charge is -2.09. The molecule has 0 aromatic heterocycles. The summed E-state index contributed by atoms with van der Waals surface area (Å²) in [4.78, 5) is 36.0. The second-order valence-electron chi connectivity index (χ2n) is 10.8. The lowest BCUT2D eigenvalue weighted by molar-refractivity contribution is -0.140. The largest absolute Gasteiger partial charge is 0.493 e. The molecule has 0 saturated carbocycles. The summed E-state index contributed by atoms with van der Waals surface area (Å²) in [5.41, 5.74) is 5.97. The topological polar surface area (TPSA) is 88.1 Å². The zero-order valence-electron chi connectivity index (χ0n) is 26.3. The van der Waals surface area contributed by atoms with Crippen molar-refractivity contribution in [2.45, 2.75) is 26.7 Å². The molecule has 4 rings (SSSR count). The highest BCUT2D eigenvalue weighted by Crippen LogP contribution is 2.26. The summed E-state index contributed by atoms with van der Waals surface area (Å²) in [6.45, 7) is 11.8. The predicted molar refractivity (Wildman–Crippen MR) is 179 cm³/mol. The van der Waals surface area contributed by atoms with E-state index in [4.69, 9.17) is 18.9 Å². The van der Waals surface area contributed by atoms with Crippen molar-refractivity contribution >= 4 is 17.7 Å². The van der Waals surface area contributed by atoms with Crippen molar-refractivity contribution in [1.82, 2.24) is 0 Å². The molecular weight excluding hydrogens is 580 g/mol. The fraction of sp³-hybridized carbons (Fsp3) is 0.205. The van der Waals surface area contributed by atoms with Crippen LogP contribution in [0.4, 0.5) is 0 Å². The van der Waals surface area contributed by atoms with E-state index in [9.17, 15) is 14.4 Å². The first-order chi connectivity index (χ1) is 22.2. The number of hydrogen-bond acceptors (Lipinski definition) is 7. The molecule has 0 radical (unpaired) electrons. The maximum atomic E-state index is 13.2. The van der Waals surface area contributed by atoms with Crippen LogP contribution >= 0.6 is 0 Å². The summed E-state index contributed by atoms with van der Waals surface area (Å²) < 4.78 is 21.6. The molecule has 0 fully saturated rings. The van der Waals surface area contributed by atoms with E-state index in [1.807, 2.05) is 97.1 Å². The van der Waals surface area contributed by atoms with E-state index in [0.29, 0.717) is 48.3 Å². The van der Waals surface area contributed by atoms with Gasteiger partial charge in [0.05, 0.1) is 26.4 Å². The average Bonchev–Trinajstić information content (AvgIpc) is 3.08. The molecule has 0 atom stereocenters. The van der Waals surface area contributed by atoms with E-state index < -0.39 is 11.9 Å². The van der Waals surface area contributed by atoms with Gasteiger partial charge in [0.15, 0.2) is 5.78 Å². The summed E-state index contributed by atoms with van der Waals surface area (Å²) in [6.07, 6.45) is 1.17. The average molecular weight is 619 g/mol. The molecular formula is C39H38O7. The highest BCUT2D eigenvalue weighted by molar-refractivity contribution is 6.09. The van der Waals surface area contributed by atoms with Gasteiger partial charge in [0.25, 0.3) is 0 Å². The van der Waals surface area contributed by atoms with Gasteiger partial charge < -0.3 is 18.9 Å². The van der Waals surface area contributed by atoms with Crippen LogP contribution in [-0.2, 0) is 19.1 Å². The maximum absolute atomic E-state index is 13.2. The van der Waals surface area contributed by atoms with Crippen molar-refractivity contribution in [3.8, 4) is 33.8 Å². The number of ketones is 1. The molecule has 0 aliphatic rings. The highest BCUT2D eigenvalue weighted by atomic mass is 16.5. The minimum atomic E-state index is -0.393. The fourth-order valence-corrected chi connectivity index (χ4v) is 4.36. The minimum absolute atomic E-state index is 0.0477. The van der Waals surface area contributed by atoms with Gasteiger partial charge in [-0.2, -0.15) is 0 Å². The number of benzene rings is 4. The second-order valence-corrected chi connectivity index (χ2v) is 10.8. The lowest BCUT2D eigenvalue weighted by Crippen LogP contribution is -2.09. The molecule has 4 aromatic rings. The van der Waals surface area contributed by atoms with Crippen molar-refractivity contribution in [2.75, 3.05) is 26.4 Å². The van der Waals surface area contributed by atoms with E-state index in [2.05, 4.69) is 13.2 Å². The number of hydrogen-bond donors (Lipinski definition) is 0. The van der Waals surface area contributed by atoms with Crippen molar-refractivity contribution < 1.29 is 33.3 Å². The summed E-state index contributed by atoms with van der Waals surface area (Å²) >= 11 is 0. The Labute approximate surface area is 270 Å². The third kappa shape index (κ3) is 9.79. The number of carbonyl (C=O) groups is 3. The second kappa shape index (κ2) is 16.6. The molecule has 0 saturated heterocycles. The SMILES string of the molecule is C=C(C)C(=O)OCCCOc1ccc(-c2ccc(C(=O)c3ccc(-c4ccc(OCCCOC(=O)C(=C)C)cc4)cc3)cc2)cc1. The van der Waals surface area contributed by atoms with Gasteiger partial charge in [0.2, 0.25) is 0 Å². The lowest BCUT2D eigenvalue weighted by atomic mass is 9.97. The van der Waals surface area contributed by atoms with Crippen molar-refractivity contribution in [3.05, 3.63) is 132 Å². The molecule has 7 heteroatoms. The van der Waals surface area contributed by atoms with Gasteiger partial charge in [-0.3, -0.25) is 4.79 Å². The van der Waals surface area contributed by atoms with Gasteiger partial charge >= 0.3 is 11.9 Å². The standard InChI is InChI=1S/C39H38O7/c1-27(2)38(41)45-25-5-23-43-35-19-15-31(16-20-35)29-7-11-33(12-8-29)37(40)34-13-9-30(10-14-34)32-17-21-36(22-18-32)44-24-6-26-46-39(42)28(3)4/h7-22H,1,3,5-6,23-26H2,2,4H3. The van der Waals surface area contributed by atoms with Crippen LogP contribution in [0.3, 0.4) is 0 Å². The zero-order chi connectivity index (χ0) is 32.9. The number of rotatable bonds is 16. The molecule has 0 spiro atoms. The summed E-state index contributed by atoms with van der Waals surface area (Å²) in [5.74, 6) is 0.620. The third-order valence-electron chi connectivity index (χ3n) is 6.95. The van der Waals surface area contributed by atoms with Gasteiger partial charge in [-0.15, -0.1) is 0 Å². The Morgan fingerprint density at radius 2 is 0.783 bits per heavy atom. The van der Waals surface area contributed by atoms with Crippen molar-refractivity contribution in [1.29, 1.82) is 0 Å². The van der Waals surface area contributed by atoms with Gasteiger partial charge in [-0.25, -0.2) is 9.59 Å². The number of carbonyl (C=O) groups excluding carboxylic acids is 3. The number of esters is 2. The maximum Gasteiger partial charge on any atom is 0.333 e. The van der Waals surface area contributed by atoms with Gasteiger partial charge in [0, 0.05) is 35.1 Å². The van der Waals surface area contributed by atoms with Crippen LogP contribution in [0.15, 0.2) is 121 Å². The molecule has 4 aromatic carbocycles. The zero-order valence-corrected chi connectivity index (χ0v) is 26.3. The smallest absolute Gasteiger partial charge is 0.333 e. The van der Waals surface area contributed by atoms with Crippen LogP contribution in [0.1, 0.15) is 42.6 Å². The van der Waals surface area contributed by atoms with E-state index in [-0.39, 0.29) is 19.0 Å². The van der Waals surface area contributed by atoms with Gasteiger partial charge in [-0.1, -0.05) is 86.0 Å². The van der Waals surface area contributed by atoms with Crippen molar-refractivity contribution in [2.24, 2.45) is 0 Å². The third-order valence-corrected chi connectivity index (χ3v) is 6.95. The number of ether oxygens (including phenoxy) is 4. The summed E-state index contributed by atoms with van der Waals surface area (Å²) in [7, 11) is 0. The Kier molecular flexibility index (Phi) is 12.1. The van der Waals surface area contributed by atoms with E-state index in [1.165, 1.54) is 0 Å². The van der Waals surface area contributed by atoms with E-state index in [0.717, 1.165) is 33.8 Å². The molecule has 0 aliphatic heterocycles. The van der Waals surface area contributed by atoms with Crippen LogP contribution in [0, 0.1) is 0 Å². The van der Waals surface area contributed by atoms with Crippen LogP contribution in [0.5, 0.6) is 11.5 Å². The molecule has 0 bridgehead atoms. The van der Waals surface area contributed by atoms with Crippen LogP contribution in [0.2, 0.25) is 0 Å². The molecule has 0 heterocycles. The van der Waals surface area contributed by atoms with Gasteiger partial charge in [-0.05, 0) is 60.4 Å². The first-order valence-corrected chi connectivity index (χ1v) is 15.1. The molecule has 236 valence electrons. The Morgan fingerprint density at radius 1 is 0.478 bits per heavy atom. The van der Waals surface area contributed by atoms with E-state index >= 15 is 0 Å². The normalized spacial score (nSPS) is 10.5. The van der Waals surface area contributed by atoms with Crippen LogP contribution in [-0.4, -0.2) is 44.1 Å². The van der Waals surface area contributed by atoms with Crippen LogP contribution < -0.4 is 9.47 Å². The Morgan fingerprint density at radius 3 is 1.09 bits per heavy atom. The summed E-state index contributed by atoms with van der Waals surface area (Å²) in [5, 5.41) is 0. The highest BCUT2D eigenvalue weighted by Gasteiger charge is 2.11. The molecule has 7 nitrogen and oxygen atoms in total.